The summed E-state index contributed by atoms with van der Waals surface area (Å²) in [5.41, 5.74) is 1.16. The molecule has 2 rings (SSSR count). The van der Waals surface area contributed by atoms with Crippen LogP contribution in [0.1, 0.15) is 12.5 Å². The predicted molar refractivity (Wildman–Crippen MR) is 91.7 cm³/mol. The molecule has 0 aliphatic carbocycles. The van der Waals surface area contributed by atoms with E-state index in [4.69, 9.17) is 4.74 Å². The largest absolute Gasteiger partial charge is 0.496 e. The van der Waals surface area contributed by atoms with Crippen molar-refractivity contribution in [1.29, 1.82) is 0 Å². The fraction of sp³-hybridized carbons (Fsp3) is 0.125. The number of anilines is 1. The molecule has 0 saturated carbocycles. The van der Waals surface area contributed by atoms with Gasteiger partial charge in [0.1, 0.15) is 5.75 Å². The Balaban J connectivity index is 2.10. The second kappa shape index (κ2) is 7.60. The number of carbonyl (C=O) groups excluding carboxylic acids is 1. The van der Waals surface area contributed by atoms with Crippen LogP contribution in [0.5, 0.6) is 5.75 Å². The molecule has 7 nitrogen and oxygen atoms in total. The van der Waals surface area contributed by atoms with E-state index in [0.29, 0.717) is 17.0 Å². The number of hydrazone groups is 1. The summed E-state index contributed by atoms with van der Waals surface area (Å²) in [7, 11) is -2.28. The first-order chi connectivity index (χ1) is 11.4. The van der Waals surface area contributed by atoms with Gasteiger partial charge >= 0.3 is 0 Å². The summed E-state index contributed by atoms with van der Waals surface area (Å²) in [6, 6.07) is 12.9. The molecule has 1 amide bonds. The number of nitrogens with zero attached hydrogens (tertiary/aromatic N) is 1. The van der Waals surface area contributed by atoms with Crippen molar-refractivity contribution in [3.63, 3.8) is 0 Å². The van der Waals surface area contributed by atoms with E-state index in [1.807, 2.05) is 0 Å². The Morgan fingerprint density at radius 3 is 2.42 bits per heavy atom. The first kappa shape index (κ1) is 17.5. The molecule has 2 N–H and O–H groups in total. The van der Waals surface area contributed by atoms with Crippen LogP contribution in [-0.2, 0) is 14.8 Å². The molecular formula is C16H17N3O4S. The number of sulfonamides is 1. The average molecular weight is 347 g/mol. The zero-order valence-electron chi connectivity index (χ0n) is 13.2. The summed E-state index contributed by atoms with van der Waals surface area (Å²) < 4.78 is 29.5. The van der Waals surface area contributed by atoms with E-state index in [1.165, 1.54) is 44.5 Å². The molecule has 126 valence electrons. The molecule has 0 aliphatic heterocycles. The van der Waals surface area contributed by atoms with Crippen LogP contribution in [0.2, 0.25) is 0 Å². The molecular weight excluding hydrogens is 330 g/mol. The van der Waals surface area contributed by atoms with Gasteiger partial charge in [-0.3, -0.25) is 4.79 Å². The van der Waals surface area contributed by atoms with E-state index in [-0.39, 0.29) is 10.8 Å². The van der Waals surface area contributed by atoms with Crippen LogP contribution in [0.25, 0.3) is 0 Å². The molecule has 0 aliphatic rings. The molecule has 2 aromatic carbocycles. The Morgan fingerprint density at radius 1 is 1.12 bits per heavy atom. The number of benzene rings is 2. The number of para-hydroxylation sites is 1. The molecule has 0 bridgehead atoms. The summed E-state index contributed by atoms with van der Waals surface area (Å²) >= 11 is 0. The van der Waals surface area contributed by atoms with Gasteiger partial charge in [0.15, 0.2) is 0 Å². The van der Waals surface area contributed by atoms with E-state index in [9.17, 15) is 13.2 Å². The van der Waals surface area contributed by atoms with Gasteiger partial charge in [-0.2, -0.15) is 13.5 Å². The highest BCUT2D eigenvalue weighted by atomic mass is 32.2. The number of carbonyl (C=O) groups is 1. The minimum absolute atomic E-state index is 0.0359. The van der Waals surface area contributed by atoms with Gasteiger partial charge in [-0.15, -0.1) is 0 Å². The van der Waals surface area contributed by atoms with E-state index in [0.717, 1.165) is 0 Å². The molecule has 0 saturated heterocycles. The maximum Gasteiger partial charge on any atom is 0.276 e. The normalized spacial score (nSPS) is 11.2. The highest BCUT2D eigenvalue weighted by molar-refractivity contribution is 7.89. The SMILES string of the molecule is COc1ccccc1C=NNS(=O)(=O)c1ccc(NC(C)=O)cc1. The zero-order chi connectivity index (χ0) is 17.6. The lowest BCUT2D eigenvalue weighted by Crippen LogP contribution is -2.18. The van der Waals surface area contributed by atoms with Crippen LogP contribution in [0.4, 0.5) is 5.69 Å². The molecule has 0 heterocycles. The van der Waals surface area contributed by atoms with Crippen molar-refractivity contribution in [2.75, 3.05) is 12.4 Å². The Labute approximate surface area is 140 Å². The second-order valence-electron chi connectivity index (χ2n) is 4.80. The summed E-state index contributed by atoms with van der Waals surface area (Å²) in [5, 5.41) is 6.32. The van der Waals surface area contributed by atoms with Gasteiger partial charge in [0.25, 0.3) is 10.0 Å². The Hall–Kier alpha value is -2.87. The van der Waals surface area contributed by atoms with Crippen LogP contribution in [0.15, 0.2) is 58.5 Å². The fourth-order valence-electron chi connectivity index (χ4n) is 1.91. The maximum atomic E-state index is 12.2. The molecule has 0 aromatic heterocycles. The van der Waals surface area contributed by atoms with Crippen molar-refractivity contribution in [2.45, 2.75) is 11.8 Å². The first-order valence-corrected chi connectivity index (χ1v) is 8.46. The van der Waals surface area contributed by atoms with E-state index in [2.05, 4.69) is 15.2 Å². The smallest absolute Gasteiger partial charge is 0.276 e. The number of nitrogens with one attached hydrogen (secondary N) is 2. The van der Waals surface area contributed by atoms with Gasteiger partial charge in [-0.1, -0.05) is 12.1 Å². The summed E-state index contributed by atoms with van der Waals surface area (Å²) in [6.07, 6.45) is 1.36. The zero-order valence-corrected chi connectivity index (χ0v) is 14.0. The monoisotopic (exact) mass is 347 g/mol. The van der Waals surface area contributed by atoms with Gasteiger partial charge < -0.3 is 10.1 Å². The van der Waals surface area contributed by atoms with E-state index >= 15 is 0 Å². The van der Waals surface area contributed by atoms with Crippen molar-refractivity contribution in [1.82, 2.24) is 4.83 Å². The molecule has 0 atom stereocenters. The quantitative estimate of drug-likeness (QED) is 0.617. The van der Waals surface area contributed by atoms with Crippen molar-refractivity contribution in [2.24, 2.45) is 5.10 Å². The fourth-order valence-corrected chi connectivity index (χ4v) is 2.70. The predicted octanol–water partition coefficient (Wildman–Crippen LogP) is 1.97. The third-order valence-electron chi connectivity index (χ3n) is 3.00. The molecule has 0 fully saturated rings. The Bertz CT molecular complexity index is 846. The number of hydrogen-bond donors (Lipinski definition) is 2. The number of ether oxygens (including phenoxy) is 1. The lowest BCUT2D eigenvalue weighted by Gasteiger charge is -2.06. The average Bonchev–Trinajstić information content (AvgIpc) is 2.55. The van der Waals surface area contributed by atoms with Gasteiger partial charge in [0.05, 0.1) is 18.2 Å². The van der Waals surface area contributed by atoms with Crippen LogP contribution < -0.4 is 14.9 Å². The highest BCUT2D eigenvalue weighted by Gasteiger charge is 2.12. The Kier molecular flexibility index (Phi) is 5.54. The molecule has 2 aromatic rings. The first-order valence-electron chi connectivity index (χ1n) is 6.98. The van der Waals surface area contributed by atoms with Crippen molar-refractivity contribution < 1.29 is 17.9 Å². The van der Waals surface area contributed by atoms with Crippen LogP contribution in [0.3, 0.4) is 0 Å². The molecule has 0 radical (unpaired) electrons. The minimum Gasteiger partial charge on any atom is -0.496 e. The van der Waals surface area contributed by atoms with E-state index in [1.54, 1.807) is 24.3 Å². The van der Waals surface area contributed by atoms with Gasteiger partial charge in [0, 0.05) is 18.2 Å². The standard InChI is InChI=1S/C16H17N3O4S/c1-12(20)18-14-7-9-15(10-8-14)24(21,22)19-17-11-13-5-3-4-6-16(13)23-2/h3-11,19H,1-2H3,(H,18,20). The van der Waals surface area contributed by atoms with Crippen molar-refractivity contribution in [3.05, 3.63) is 54.1 Å². The van der Waals surface area contributed by atoms with Gasteiger partial charge in [-0.05, 0) is 36.4 Å². The topological polar surface area (TPSA) is 96.9 Å². The molecule has 8 heteroatoms. The van der Waals surface area contributed by atoms with Crippen LogP contribution in [-0.4, -0.2) is 27.6 Å². The van der Waals surface area contributed by atoms with Crippen molar-refractivity contribution >= 4 is 27.8 Å². The van der Waals surface area contributed by atoms with Crippen LogP contribution >= 0.6 is 0 Å². The number of rotatable bonds is 6. The highest BCUT2D eigenvalue weighted by Crippen LogP contribution is 2.16. The second-order valence-corrected chi connectivity index (χ2v) is 6.46. The lowest BCUT2D eigenvalue weighted by atomic mass is 10.2. The van der Waals surface area contributed by atoms with Crippen molar-refractivity contribution in [3.8, 4) is 5.75 Å². The summed E-state index contributed by atoms with van der Waals surface area (Å²) in [5.74, 6) is 0.352. The number of hydrogen-bond acceptors (Lipinski definition) is 5. The third kappa shape index (κ3) is 4.56. The summed E-state index contributed by atoms with van der Waals surface area (Å²) in [6.45, 7) is 1.37. The number of methoxy groups -OCH3 is 1. The lowest BCUT2D eigenvalue weighted by molar-refractivity contribution is -0.114. The van der Waals surface area contributed by atoms with E-state index < -0.39 is 10.0 Å². The van der Waals surface area contributed by atoms with Gasteiger partial charge in [0.2, 0.25) is 5.91 Å². The van der Waals surface area contributed by atoms with Gasteiger partial charge in [-0.25, -0.2) is 4.83 Å². The van der Waals surface area contributed by atoms with Crippen LogP contribution in [0, 0.1) is 0 Å². The Morgan fingerprint density at radius 2 is 1.79 bits per heavy atom. The molecule has 24 heavy (non-hydrogen) atoms. The summed E-state index contributed by atoms with van der Waals surface area (Å²) in [4.78, 5) is 13.1. The maximum absolute atomic E-state index is 12.2. The third-order valence-corrected chi connectivity index (χ3v) is 4.24. The molecule has 0 spiro atoms. The minimum atomic E-state index is -3.80. The molecule has 0 unspecified atom stereocenters. The number of amides is 1.